The summed E-state index contributed by atoms with van der Waals surface area (Å²) < 4.78 is 38.8. The number of halogens is 4. The lowest BCUT2D eigenvalue weighted by Gasteiger charge is -2.14. The van der Waals surface area contributed by atoms with Crippen molar-refractivity contribution in [1.82, 2.24) is 5.32 Å². The third-order valence-corrected chi connectivity index (χ3v) is 4.03. The van der Waals surface area contributed by atoms with Gasteiger partial charge in [0.2, 0.25) is 11.8 Å². The fourth-order valence-corrected chi connectivity index (χ4v) is 2.74. The van der Waals surface area contributed by atoms with Crippen LogP contribution in [0.4, 0.5) is 18.9 Å². The van der Waals surface area contributed by atoms with Crippen molar-refractivity contribution < 1.29 is 22.8 Å². The zero-order valence-corrected chi connectivity index (χ0v) is 13.7. The lowest BCUT2D eigenvalue weighted by atomic mass is 10.1. The second kappa shape index (κ2) is 7.67. The summed E-state index contributed by atoms with van der Waals surface area (Å²) in [6.45, 7) is -0.426. The molecule has 0 saturated heterocycles. The number of hydrogen-bond donors (Lipinski definition) is 2. The van der Waals surface area contributed by atoms with E-state index in [1.165, 1.54) is 17.4 Å². The molecule has 0 saturated carbocycles. The first-order chi connectivity index (χ1) is 11.3. The van der Waals surface area contributed by atoms with Gasteiger partial charge in [0.25, 0.3) is 0 Å². The number of carbonyl (C=O) groups is 2. The molecule has 0 aliphatic rings. The van der Waals surface area contributed by atoms with Gasteiger partial charge < -0.3 is 10.6 Å². The number of alkyl halides is 3. The quantitative estimate of drug-likeness (QED) is 0.835. The summed E-state index contributed by atoms with van der Waals surface area (Å²) >= 11 is 6.96. The van der Waals surface area contributed by atoms with E-state index in [0.717, 1.165) is 17.0 Å². The predicted molar refractivity (Wildman–Crippen MR) is 86.1 cm³/mol. The van der Waals surface area contributed by atoms with Crippen molar-refractivity contribution in [2.24, 2.45) is 0 Å². The first-order valence-corrected chi connectivity index (χ1v) is 7.97. The summed E-state index contributed by atoms with van der Waals surface area (Å²) in [6, 6.07) is 6.59. The molecule has 0 unspecified atom stereocenters. The number of anilines is 1. The van der Waals surface area contributed by atoms with Crippen molar-refractivity contribution >= 4 is 40.4 Å². The van der Waals surface area contributed by atoms with Gasteiger partial charge in [-0.2, -0.15) is 13.2 Å². The van der Waals surface area contributed by atoms with E-state index in [1.807, 2.05) is 5.38 Å². The van der Waals surface area contributed by atoms with Crippen molar-refractivity contribution in [3.05, 3.63) is 51.2 Å². The second-order valence-electron chi connectivity index (χ2n) is 4.77. The van der Waals surface area contributed by atoms with Crippen LogP contribution in [0.15, 0.2) is 35.7 Å². The molecule has 0 bridgehead atoms. The van der Waals surface area contributed by atoms with Crippen LogP contribution in [0.2, 0.25) is 5.02 Å². The van der Waals surface area contributed by atoms with E-state index in [4.69, 9.17) is 11.6 Å². The van der Waals surface area contributed by atoms with Crippen LogP contribution in [0, 0.1) is 0 Å². The predicted octanol–water partition coefficient (Wildman–Crippen LogP) is 3.72. The largest absolute Gasteiger partial charge is 0.418 e. The molecule has 0 spiro atoms. The Balaban J connectivity index is 1.94. The highest BCUT2D eigenvalue weighted by Gasteiger charge is 2.34. The van der Waals surface area contributed by atoms with E-state index < -0.39 is 29.9 Å². The number of thiophene rings is 1. The Labute approximate surface area is 144 Å². The molecule has 2 rings (SSSR count). The highest BCUT2D eigenvalue weighted by molar-refractivity contribution is 7.10. The molecule has 1 aromatic heterocycles. The molecule has 2 amide bonds. The number of hydrogen-bond acceptors (Lipinski definition) is 3. The monoisotopic (exact) mass is 376 g/mol. The minimum atomic E-state index is -4.66. The molecule has 24 heavy (non-hydrogen) atoms. The van der Waals surface area contributed by atoms with Crippen LogP contribution in [0.5, 0.6) is 0 Å². The molecule has 128 valence electrons. The van der Waals surface area contributed by atoms with E-state index in [1.54, 1.807) is 12.1 Å². The van der Waals surface area contributed by atoms with Gasteiger partial charge in [-0.05, 0) is 29.6 Å². The molecule has 1 heterocycles. The van der Waals surface area contributed by atoms with Crippen molar-refractivity contribution in [1.29, 1.82) is 0 Å². The molecule has 9 heteroatoms. The number of rotatable bonds is 5. The van der Waals surface area contributed by atoms with E-state index in [2.05, 4.69) is 10.6 Å². The average molecular weight is 377 g/mol. The third kappa shape index (κ3) is 5.24. The Bertz CT molecular complexity index is 733. The molecule has 4 nitrogen and oxygen atoms in total. The summed E-state index contributed by atoms with van der Waals surface area (Å²) in [4.78, 5) is 24.2. The molecule has 0 aliphatic heterocycles. The van der Waals surface area contributed by atoms with Gasteiger partial charge in [-0.3, -0.25) is 9.59 Å². The van der Waals surface area contributed by atoms with Crippen LogP contribution in [-0.4, -0.2) is 18.4 Å². The summed E-state index contributed by atoms with van der Waals surface area (Å²) in [5.74, 6) is -1.15. The maximum absolute atomic E-state index is 12.9. The molecule has 2 N–H and O–H groups in total. The second-order valence-corrected chi connectivity index (χ2v) is 6.24. The maximum atomic E-state index is 12.9. The van der Waals surface area contributed by atoms with Gasteiger partial charge >= 0.3 is 6.18 Å². The highest BCUT2D eigenvalue weighted by atomic mass is 35.5. The first kappa shape index (κ1) is 18.3. The van der Waals surface area contributed by atoms with E-state index in [0.29, 0.717) is 0 Å². The summed E-state index contributed by atoms with van der Waals surface area (Å²) in [5.41, 5.74) is -1.46. The van der Waals surface area contributed by atoms with E-state index in [-0.39, 0.29) is 17.4 Å². The first-order valence-electron chi connectivity index (χ1n) is 6.71. The number of amides is 2. The van der Waals surface area contributed by atoms with Gasteiger partial charge in [0, 0.05) is 9.90 Å². The van der Waals surface area contributed by atoms with Crippen molar-refractivity contribution in [3.63, 3.8) is 0 Å². The molecule has 0 atom stereocenters. The van der Waals surface area contributed by atoms with Crippen LogP contribution < -0.4 is 10.6 Å². The van der Waals surface area contributed by atoms with Gasteiger partial charge in [-0.1, -0.05) is 17.7 Å². The molecule has 0 radical (unpaired) electrons. The van der Waals surface area contributed by atoms with Gasteiger partial charge in [0.05, 0.1) is 24.2 Å². The van der Waals surface area contributed by atoms with E-state index in [9.17, 15) is 22.8 Å². The fraction of sp³-hybridized carbons (Fsp3) is 0.200. The minimum absolute atomic E-state index is 0.0930. The van der Waals surface area contributed by atoms with E-state index >= 15 is 0 Å². The summed E-state index contributed by atoms with van der Waals surface area (Å²) in [7, 11) is 0. The van der Waals surface area contributed by atoms with Crippen molar-refractivity contribution in [3.8, 4) is 0 Å². The fourth-order valence-electron chi connectivity index (χ4n) is 1.87. The zero-order chi connectivity index (χ0) is 17.7. The summed E-state index contributed by atoms with van der Waals surface area (Å²) in [5, 5.41) is 6.21. The topological polar surface area (TPSA) is 58.2 Å². The number of nitrogens with one attached hydrogen (secondary N) is 2. The van der Waals surface area contributed by atoms with Crippen LogP contribution in [0.1, 0.15) is 10.4 Å². The Hall–Kier alpha value is -2.06. The van der Waals surface area contributed by atoms with Gasteiger partial charge in [-0.25, -0.2) is 0 Å². The Morgan fingerprint density at radius 2 is 1.92 bits per heavy atom. The minimum Gasteiger partial charge on any atom is -0.347 e. The standard InChI is InChI=1S/C15H12ClF3N2O2S/c16-9-3-4-12(11(6-9)15(17,18)19)21-14(23)8-20-13(22)7-10-2-1-5-24-10/h1-6H,7-8H2,(H,20,22)(H,21,23). The highest BCUT2D eigenvalue weighted by Crippen LogP contribution is 2.36. The molecule has 0 fully saturated rings. The number of carbonyl (C=O) groups excluding carboxylic acids is 2. The lowest BCUT2D eigenvalue weighted by Crippen LogP contribution is -2.34. The van der Waals surface area contributed by atoms with Crippen LogP contribution >= 0.6 is 22.9 Å². The molecular weight excluding hydrogens is 365 g/mol. The molecule has 1 aromatic carbocycles. The van der Waals surface area contributed by atoms with Crippen molar-refractivity contribution in [2.75, 3.05) is 11.9 Å². The Morgan fingerprint density at radius 3 is 2.54 bits per heavy atom. The third-order valence-electron chi connectivity index (χ3n) is 2.92. The van der Waals surface area contributed by atoms with Crippen LogP contribution in [0.25, 0.3) is 0 Å². The van der Waals surface area contributed by atoms with Gasteiger partial charge in [0.15, 0.2) is 0 Å². The zero-order valence-electron chi connectivity index (χ0n) is 12.1. The molecular formula is C15H12ClF3N2O2S. The Kier molecular flexibility index (Phi) is 5.84. The lowest BCUT2D eigenvalue weighted by molar-refractivity contribution is -0.137. The smallest absolute Gasteiger partial charge is 0.347 e. The summed E-state index contributed by atoms with van der Waals surface area (Å²) in [6.07, 6.45) is -4.55. The van der Waals surface area contributed by atoms with Crippen molar-refractivity contribution in [2.45, 2.75) is 12.6 Å². The maximum Gasteiger partial charge on any atom is 0.418 e. The SMILES string of the molecule is O=C(Cc1cccs1)NCC(=O)Nc1ccc(Cl)cc1C(F)(F)F. The van der Waals surface area contributed by atoms with Gasteiger partial charge in [0.1, 0.15) is 0 Å². The average Bonchev–Trinajstić information content (AvgIpc) is 2.99. The van der Waals surface area contributed by atoms with Gasteiger partial charge in [-0.15, -0.1) is 11.3 Å². The normalized spacial score (nSPS) is 11.2. The molecule has 2 aromatic rings. The van der Waals surface area contributed by atoms with Crippen LogP contribution in [0.3, 0.4) is 0 Å². The Morgan fingerprint density at radius 1 is 1.17 bits per heavy atom. The number of benzene rings is 1. The molecule has 0 aliphatic carbocycles. The van der Waals surface area contributed by atoms with Crippen LogP contribution in [-0.2, 0) is 22.2 Å².